The first kappa shape index (κ1) is 13.5. The third-order valence-corrected chi connectivity index (χ3v) is 2.38. The van der Waals surface area contributed by atoms with Gasteiger partial charge >= 0.3 is 5.97 Å². The van der Waals surface area contributed by atoms with Crippen molar-refractivity contribution >= 4 is 5.97 Å². The van der Waals surface area contributed by atoms with Crippen molar-refractivity contribution in [3.8, 4) is 0 Å². The molecule has 0 radical (unpaired) electrons. The van der Waals surface area contributed by atoms with E-state index in [1.54, 1.807) is 6.92 Å². The Morgan fingerprint density at radius 3 is 2.69 bits per heavy atom. The standard InChI is InChI=1S/C12H22O4/c1-9(2)8-15-12(13)10(3)16-11-6-4-5-7-14-11/h9-11H,4-8H2,1-3H3. The molecule has 0 aromatic heterocycles. The van der Waals surface area contributed by atoms with Gasteiger partial charge in [0.2, 0.25) is 0 Å². The van der Waals surface area contributed by atoms with E-state index in [9.17, 15) is 4.79 Å². The predicted molar refractivity (Wildman–Crippen MR) is 59.9 cm³/mol. The summed E-state index contributed by atoms with van der Waals surface area (Å²) in [5.74, 6) is 0.0463. The molecular formula is C12H22O4. The van der Waals surface area contributed by atoms with Gasteiger partial charge in [-0.2, -0.15) is 0 Å². The summed E-state index contributed by atoms with van der Waals surface area (Å²) >= 11 is 0. The van der Waals surface area contributed by atoms with Gasteiger partial charge in [-0.25, -0.2) is 4.79 Å². The van der Waals surface area contributed by atoms with Crippen LogP contribution < -0.4 is 0 Å². The highest BCUT2D eigenvalue weighted by atomic mass is 16.7. The molecule has 0 aromatic rings. The summed E-state index contributed by atoms with van der Waals surface area (Å²) in [5, 5.41) is 0. The largest absolute Gasteiger partial charge is 0.464 e. The summed E-state index contributed by atoms with van der Waals surface area (Å²) < 4.78 is 16.0. The molecule has 1 heterocycles. The molecule has 16 heavy (non-hydrogen) atoms. The van der Waals surface area contributed by atoms with Crippen molar-refractivity contribution in [2.45, 2.75) is 52.4 Å². The van der Waals surface area contributed by atoms with Gasteiger partial charge in [0, 0.05) is 6.61 Å². The molecule has 1 fully saturated rings. The number of ether oxygens (including phenoxy) is 3. The number of carbonyl (C=O) groups excluding carboxylic acids is 1. The van der Waals surface area contributed by atoms with Crippen LogP contribution in [0.2, 0.25) is 0 Å². The highest BCUT2D eigenvalue weighted by Gasteiger charge is 2.22. The first-order chi connectivity index (χ1) is 7.59. The summed E-state index contributed by atoms with van der Waals surface area (Å²) in [6, 6.07) is 0. The maximum atomic E-state index is 11.5. The maximum absolute atomic E-state index is 11.5. The van der Waals surface area contributed by atoms with Crippen LogP contribution in [-0.4, -0.2) is 31.6 Å². The molecule has 0 aliphatic carbocycles. The number of hydrogen-bond acceptors (Lipinski definition) is 4. The van der Waals surface area contributed by atoms with Gasteiger partial charge in [0.1, 0.15) is 0 Å². The lowest BCUT2D eigenvalue weighted by molar-refractivity contribution is -0.201. The third kappa shape index (κ3) is 4.94. The Labute approximate surface area is 97.2 Å². The second-order valence-corrected chi connectivity index (χ2v) is 4.60. The molecule has 0 saturated carbocycles. The summed E-state index contributed by atoms with van der Waals surface area (Å²) in [6.45, 7) is 6.88. The van der Waals surface area contributed by atoms with Crippen LogP contribution in [0.25, 0.3) is 0 Å². The highest BCUT2D eigenvalue weighted by Crippen LogP contribution is 2.15. The molecule has 2 atom stereocenters. The predicted octanol–water partition coefficient (Wildman–Crippen LogP) is 2.12. The molecular weight excluding hydrogens is 208 g/mol. The van der Waals surface area contributed by atoms with Crippen molar-refractivity contribution in [1.29, 1.82) is 0 Å². The molecule has 1 saturated heterocycles. The van der Waals surface area contributed by atoms with Gasteiger partial charge in [0.15, 0.2) is 12.4 Å². The van der Waals surface area contributed by atoms with Gasteiger partial charge < -0.3 is 14.2 Å². The Balaban J connectivity index is 2.21. The molecule has 0 amide bonds. The lowest BCUT2D eigenvalue weighted by Gasteiger charge is -2.25. The third-order valence-electron chi connectivity index (χ3n) is 2.38. The molecule has 4 heteroatoms. The van der Waals surface area contributed by atoms with Crippen LogP contribution >= 0.6 is 0 Å². The molecule has 94 valence electrons. The van der Waals surface area contributed by atoms with E-state index in [0.717, 1.165) is 25.9 Å². The van der Waals surface area contributed by atoms with E-state index in [1.165, 1.54) is 0 Å². The van der Waals surface area contributed by atoms with Gasteiger partial charge in [-0.05, 0) is 32.1 Å². The van der Waals surface area contributed by atoms with E-state index in [2.05, 4.69) is 0 Å². The first-order valence-corrected chi connectivity index (χ1v) is 6.03. The van der Waals surface area contributed by atoms with Crippen molar-refractivity contribution in [1.82, 2.24) is 0 Å². The molecule has 0 bridgehead atoms. The van der Waals surface area contributed by atoms with Crippen molar-refractivity contribution < 1.29 is 19.0 Å². The summed E-state index contributed by atoms with van der Waals surface area (Å²) in [5.41, 5.74) is 0. The van der Waals surface area contributed by atoms with Crippen molar-refractivity contribution in [2.75, 3.05) is 13.2 Å². The lowest BCUT2D eigenvalue weighted by Crippen LogP contribution is -2.32. The van der Waals surface area contributed by atoms with Crippen LogP contribution in [0.4, 0.5) is 0 Å². The van der Waals surface area contributed by atoms with E-state index >= 15 is 0 Å². The van der Waals surface area contributed by atoms with E-state index in [1.807, 2.05) is 13.8 Å². The van der Waals surface area contributed by atoms with Crippen LogP contribution in [0.1, 0.15) is 40.0 Å². The fourth-order valence-corrected chi connectivity index (χ4v) is 1.47. The second-order valence-electron chi connectivity index (χ2n) is 4.60. The number of esters is 1. The fourth-order valence-electron chi connectivity index (χ4n) is 1.47. The molecule has 1 aliphatic rings. The zero-order valence-corrected chi connectivity index (χ0v) is 10.4. The van der Waals surface area contributed by atoms with Crippen LogP contribution in [0.5, 0.6) is 0 Å². The minimum absolute atomic E-state index is 0.240. The smallest absolute Gasteiger partial charge is 0.335 e. The van der Waals surface area contributed by atoms with E-state index in [-0.39, 0.29) is 12.3 Å². The Kier molecular flexibility index (Phi) is 5.77. The molecule has 4 nitrogen and oxygen atoms in total. The van der Waals surface area contributed by atoms with Gasteiger partial charge in [0.25, 0.3) is 0 Å². The first-order valence-electron chi connectivity index (χ1n) is 6.03. The van der Waals surface area contributed by atoms with Gasteiger partial charge in [-0.1, -0.05) is 13.8 Å². The molecule has 0 N–H and O–H groups in total. The Hall–Kier alpha value is -0.610. The molecule has 0 aromatic carbocycles. The molecule has 2 unspecified atom stereocenters. The number of rotatable bonds is 5. The zero-order valence-electron chi connectivity index (χ0n) is 10.4. The topological polar surface area (TPSA) is 44.8 Å². The summed E-state index contributed by atoms with van der Waals surface area (Å²) in [4.78, 5) is 11.5. The fraction of sp³-hybridized carbons (Fsp3) is 0.917. The second kappa shape index (κ2) is 6.86. The molecule has 1 rings (SSSR count). The Morgan fingerprint density at radius 2 is 2.12 bits per heavy atom. The molecule has 1 aliphatic heterocycles. The van der Waals surface area contributed by atoms with Crippen LogP contribution in [0.15, 0.2) is 0 Å². The van der Waals surface area contributed by atoms with E-state index < -0.39 is 6.10 Å². The minimum atomic E-state index is -0.540. The Bertz CT molecular complexity index is 209. The Morgan fingerprint density at radius 1 is 1.38 bits per heavy atom. The summed E-state index contributed by atoms with van der Waals surface area (Å²) in [6.07, 6.45) is 2.25. The normalized spacial score (nSPS) is 23.1. The zero-order chi connectivity index (χ0) is 12.0. The van der Waals surface area contributed by atoms with Gasteiger partial charge in [-0.3, -0.25) is 0 Å². The van der Waals surface area contributed by atoms with Gasteiger partial charge in [0.05, 0.1) is 6.61 Å². The van der Waals surface area contributed by atoms with Crippen LogP contribution in [-0.2, 0) is 19.0 Å². The number of hydrogen-bond donors (Lipinski definition) is 0. The molecule has 0 spiro atoms. The SMILES string of the molecule is CC(C)COC(=O)C(C)OC1CCCCO1. The number of carbonyl (C=O) groups is 1. The summed E-state index contributed by atoms with van der Waals surface area (Å²) in [7, 11) is 0. The monoisotopic (exact) mass is 230 g/mol. The average Bonchev–Trinajstić information content (AvgIpc) is 2.27. The van der Waals surface area contributed by atoms with Crippen molar-refractivity contribution in [3.05, 3.63) is 0 Å². The van der Waals surface area contributed by atoms with Crippen molar-refractivity contribution in [2.24, 2.45) is 5.92 Å². The van der Waals surface area contributed by atoms with E-state index in [0.29, 0.717) is 12.5 Å². The van der Waals surface area contributed by atoms with Crippen LogP contribution in [0.3, 0.4) is 0 Å². The van der Waals surface area contributed by atoms with Crippen LogP contribution in [0, 0.1) is 5.92 Å². The van der Waals surface area contributed by atoms with E-state index in [4.69, 9.17) is 14.2 Å². The maximum Gasteiger partial charge on any atom is 0.335 e. The lowest BCUT2D eigenvalue weighted by atomic mass is 10.2. The highest BCUT2D eigenvalue weighted by molar-refractivity contribution is 5.74. The minimum Gasteiger partial charge on any atom is -0.464 e. The van der Waals surface area contributed by atoms with Crippen molar-refractivity contribution in [3.63, 3.8) is 0 Å². The van der Waals surface area contributed by atoms with Gasteiger partial charge in [-0.15, -0.1) is 0 Å². The average molecular weight is 230 g/mol. The quantitative estimate of drug-likeness (QED) is 0.679.